The molecule has 2 aromatic rings. The SMILES string of the molecule is COCCCNC(=O)c1cnc(N2CCc3ccccc3C2)cn1. The molecule has 1 aliphatic heterocycles. The number of carbonyl (C=O) groups excluding carboxylic acids is 1. The van der Waals surface area contributed by atoms with Crippen LogP contribution >= 0.6 is 0 Å². The minimum absolute atomic E-state index is 0.200. The maximum absolute atomic E-state index is 12.0. The first kappa shape index (κ1) is 16.4. The average Bonchev–Trinajstić information content (AvgIpc) is 2.65. The molecule has 0 saturated heterocycles. The van der Waals surface area contributed by atoms with Gasteiger partial charge >= 0.3 is 0 Å². The van der Waals surface area contributed by atoms with Crippen LogP contribution in [0.2, 0.25) is 0 Å². The van der Waals surface area contributed by atoms with E-state index in [0.29, 0.717) is 18.8 Å². The van der Waals surface area contributed by atoms with Crippen molar-refractivity contribution < 1.29 is 9.53 Å². The van der Waals surface area contributed by atoms with Gasteiger partial charge in [-0.3, -0.25) is 4.79 Å². The number of methoxy groups -OCH3 is 1. The van der Waals surface area contributed by atoms with Gasteiger partial charge in [-0.05, 0) is 24.0 Å². The Bertz CT molecular complexity index is 688. The Kier molecular flexibility index (Phi) is 5.38. The normalized spacial score (nSPS) is 13.5. The number of carbonyl (C=O) groups is 1. The summed E-state index contributed by atoms with van der Waals surface area (Å²) in [5.41, 5.74) is 3.06. The number of fused-ring (bicyclic) bond motifs is 1. The topological polar surface area (TPSA) is 67.3 Å². The summed E-state index contributed by atoms with van der Waals surface area (Å²) in [4.78, 5) is 22.9. The summed E-state index contributed by atoms with van der Waals surface area (Å²) >= 11 is 0. The van der Waals surface area contributed by atoms with Crippen molar-refractivity contribution in [2.75, 3.05) is 31.7 Å². The molecule has 1 aromatic carbocycles. The molecular weight excluding hydrogens is 304 g/mol. The maximum Gasteiger partial charge on any atom is 0.271 e. The predicted molar refractivity (Wildman–Crippen MR) is 92.1 cm³/mol. The van der Waals surface area contributed by atoms with Gasteiger partial charge in [0.05, 0.1) is 12.4 Å². The van der Waals surface area contributed by atoms with Gasteiger partial charge in [0.1, 0.15) is 11.5 Å². The molecule has 24 heavy (non-hydrogen) atoms. The fourth-order valence-electron chi connectivity index (χ4n) is 2.80. The van der Waals surface area contributed by atoms with Crippen molar-refractivity contribution in [1.29, 1.82) is 0 Å². The third-order valence-corrected chi connectivity index (χ3v) is 4.14. The van der Waals surface area contributed by atoms with Gasteiger partial charge in [-0.15, -0.1) is 0 Å². The first-order valence-electron chi connectivity index (χ1n) is 8.19. The number of rotatable bonds is 6. The van der Waals surface area contributed by atoms with Gasteiger partial charge in [0.15, 0.2) is 0 Å². The van der Waals surface area contributed by atoms with E-state index in [1.807, 2.05) is 0 Å². The number of hydrogen-bond donors (Lipinski definition) is 1. The predicted octanol–water partition coefficient (Wildman–Crippen LogP) is 1.81. The van der Waals surface area contributed by atoms with Gasteiger partial charge in [0.2, 0.25) is 0 Å². The number of nitrogens with zero attached hydrogens (tertiary/aromatic N) is 3. The first-order chi connectivity index (χ1) is 11.8. The van der Waals surface area contributed by atoms with Crippen molar-refractivity contribution in [3.8, 4) is 0 Å². The van der Waals surface area contributed by atoms with E-state index in [-0.39, 0.29) is 5.91 Å². The highest BCUT2D eigenvalue weighted by atomic mass is 16.5. The zero-order valence-electron chi connectivity index (χ0n) is 13.9. The smallest absolute Gasteiger partial charge is 0.271 e. The Morgan fingerprint density at radius 2 is 2.08 bits per heavy atom. The number of nitrogens with one attached hydrogen (secondary N) is 1. The van der Waals surface area contributed by atoms with Crippen molar-refractivity contribution in [2.24, 2.45) is 0 Å². The zero-order chi connectivity index (χ0) is 16.8. The third kappa shape index (κ3) is 3.89. The van der Waals surface area contributed by atoms with Crippen molar-refractivity contribution >= 4 is 11.7 Å². The van der Waals surface area contributed by atoms with Gasteiger partial charge in [0.25, 0.3) is 5.91 Å². The first-order valence-corrected chi connectivity index (χ1v) is 8.19. The number of ether oxygens (including phenoxy) is 1. The van der Waals surface area contributed by atoms with E-state index in [4.69, 9.17) is 4.74 Å². The van der Waals surface area contributed by atoms with Gasteiger partial charge in [-0.2, -0.15) is 0 Å². The molecule has 0 bridgehead atoms. The monoisotopic (exact) mass is 326 g/mol. The highest BCUT2D eigenvalue weighted by Crippen LogP contribution is 2.22. The molecule has 0 unspecified atom stereocenters. The molecule has 3 rings (SSSR count). The molecular formula is C18H22N4O2. The van der Waals surface area contributed by atoms with Crippen LogP contribution in [0.1, 0.15) is 28.0 Å². The Morgan fingerprint density at radius 3 is 2.83 bits per heavy atom. The molecule has 0 spiro atoms. The lowest BCUT2D eigenvalue weighted by Gasteiger charge is -2.29. The van der Waals surface area contributed by atoms with Gasteiger partial charge in [0, 0.05) is 33.4 Å². The fraction of sp³-hybridized carbons (Fsp3) is 0.389. The molecule has 1 aromatic heterocycles. The Labute approximate surface area is 141 Å². The summed E-state index contributed by atoms with van der Waals surface area (Å²) < 4.78 is 4.95. The van der Waals surface area contributed by atoms with Crippen molar-refractivity contribution in [3.63, 3.8) is 0 Å². The summed E-state index contributed by atoms with van der Waals surface area (Å²) in [5, 5.41) is 2.81. The number of anilines is 1. The molecule has 6 heteroatoms. The third-order valence-electron chi connectivity index (χ3n) is 4.14. The molecule has 0 fully saturated rings. The molecule has 126 valence electrons. The molecule has 0 saturated carbocycles. The van der Waals surface area contributed by atoms with Crippen LogP contribution < -0.4 is 10.2 Å². The highest BCUT2D eigenvalue weighted by molar-refractivity contribution is 5.91. The summed E-state index contributed by atoms with van der Waals surface area (Å²) in [6, 6.07) is 8.46. The Morgan fingerprint density at radius 1 is 1.25 bits per heavy atom. The average molecular weight is 326 g/mol. The van der Waals surface area contributed by atoms with Crippen LogP contribution in [-0.4, -0.2) is 42.7 Å². The van der Waals surface area contributed by atoms with E-state index in [0.717, 1.165) is 31.7 Å². The van der Waals surface area contributed by atoms with E-state index in [1.165, 1.54) is 11.1 Å². The molecule has 1 amide bonds. The molecule has 0 aliphatic carbocycles. The van der Waals surface area contributed by atoms with Crippen LogP contribution in [0.25, 0.3) is 0 Å². The van der Waals surface area contributed by atoms with Crippen LogP contribution in [0, 0.1) is 0 Å². The standard InChI is InChI=1S/C18H22N4O2/c1-24-10-4-8-19-18(23)16-11-21-17(12-20-16)22-9-7-14-5-2-3-6-15(14)13-22/h2-3,5-6,11-12H,4,7-10,13H2,1H3,(H,19,23). The highest BCUT2D eigenvalue weighted by Gasteiger charge is 2.17. The Balaban J connectivity index is 1.60. The number of benzene rings is 1. The molecule has 0 atom stereocenters. The summed E-state index contributed by atoms with van der Waals surface area (Å²) in [6.45, 7) is 2.93. The van der Waals surface area contributed by atoms with Crippen LogP contribution in [0.3, 0.4) is 0 Å². The lowest BCUT2D eigenvalue weighted by Crippen LogP contribution is -2.31. The van der Waals surface area contributed by atoms with E-state index in [2.05, 4.69) is 44.5 Å². The van der Waals surface area contributed by atoms with Crippen LogP contribution in [0.5, 0.6) is 0 Å². The van der Waals surface area contributed by atoms with Gasteiger partial charge in [-0.1, -0.05) is 24.3 Å². The minimum atomic E-state index is -0.200. The largest absolute Gasteiger partial charge is 0.385 e. The van der Waals surface area contributed by atoms with E-state index in [9.17, 15) is 4.79 Å². The van der Waals surface area contributed by atoms with Crippen molar-refractivity contribution in [1.82, 2.24) is 15.3 Å². The van der Waals surface area contributed by atoms with E-state index in [1.54, 1.807) is 19.5 Å². The Hall–Kier alpha value is -2.47. The van der Waals surface area contributed by atoms with Crippen LogP contribution in [0.4, 0.5) is 5.82 Å². The lowest BCUT2D eigenvalue weighted by molar-refractivity contribution is 0.0943. The van der Waals surface area contributed by atoms with E-state index < -0.39 is 0 Å². The second kappa shape index (κ2) is 7.88. The van der Waals surface area contributed by atoms with Gasteiger partial charge in [-0.25, -0.2) is 9.97 Å². The second-order valence-electron chi connectivity index (χ2n) is 5.80. The summed E-state index contributed by atoms with van der Waals surface area (Å²) in [6.07, 6.45) is 5.00. The van der Waals surface area contributed by atoms with Crippen molar-refractivity contribution in [3.05, 3.63) is 53.5 Å². The molecule has 0 radical (unpaired) electrons. The minimum Gasteiger partial charge on any atom is -0.385 e. The number of hydrogen-bond acceptors (Lipinski definition) is 5. The fourth-order valence-corrected chi connectivity index (χ4v) is 2.80. The summed E-state index contributed by atoms with van der Waals surface area (Å²) in [5.74, 6) is 0.606. The second-order valence-corrected chi connectivity index (χ2v) is 5.80. The number of aromatic nitrogens is 2. The molecule has 1 aliphatic rings. The molecule has 1 N–H and O–H groups in total. The quantitative estimate of drug-likeness (QED) is 0.820. The van der Waals surface area contributed by atoms with Crippen molar-refractivity contribution in [2.45, 2.75) is 19.4 Å². The molecule has 2 heterocycles. The van der Waals surface area contributed by atoms with Gasteiger partial charge < -0.3 is 15.0 Å². The van der Waals surface area contributed by atoms with Crippen LogP contribution in [0.15, 0.2) is 36.7 Å². The maximum atomic E-state index is 12.0. The lowest BCUT2D eigenvalue weighted by atomic mass is 10.0. The van der Waals surface area contributed by atoms with E-state index >= 15 is 0 Å². The zero-order valence-corrected chi connectivity index (χ0v) is 13.9. The number of amides is 1. The molecule has 6 nitrogen and oxygen atoms in total. The van der Waals surface area contributed by atoms with Crippen LogP contribution in [-0.2, 0) is 17.7 Å². The summed E-state index contributed by atoms with van der Waals surface area (Å²) in [7, 11) is 1.64.